The fourth-order valence-electron chi connectivity index (χ4n) is 1.66. The Hall–Kier alpha value is -1.06. The van der Waals surface area contributed by atoms with E-state index >= 15 is 0 Å². The first-order valence-electron chi connectivity index (χ1n) is 3.83. The van der Waals surface area contributed by atoms with Crippen molar-refractivity contribution in [3.05, 3.63) is 0 Å². The number of hydrogen-bond donors (Lipinski definition) is 1. The van der Waals surface area contributed by atoms with E-state index in [9.17, 15) is 9.59 Å². The van der Waals surface area contributed by atoms with Crippen molar-refractivity contribution in [2.45, 2.75) is 18.9 Å². The van der Waals surface area contributed by atoms with Gasteiger partial charge in [-0.05, 0) is 6.42 Å². The van der Waals surface area contributed by atoms with Crippen molar-refractivity contribution in [1.29, 1.82) is 0 Å². The number of amides is 2. The van der Waals surface area contributed by atoms with E-state index in [-0.39, 0.29) is 24.4 Å². The number of hydrogen-bond acceptors (Lipinski definition) is 2. The van der Waals surface area contributed by atoms with Crippen LogP contribution < -0.4 is 5.32 Å². The van der Waals surface area contributed by atoms with Gasteiger partial charge in [-0.1, -0.05) is 0 Å². The van der Waals surface area contributed by atoms with Crippen molar-refractivity contribution in [2.75, 3.05) is 13.1 Å². The molecule has 0 aromatic carbocycles. The molecule has 0 bridgehead atoms. The van der Waals surface area contributed by atoms with Crippen molar-refractivity contribution in [2.24, 2.45) is 0 Å². The SMILES string of the molecule is O=C1CN2C(=O)CC[C@@H]2CN1. The zero-order valence-corrected chi connectivity index (χ0v) is 6.17. The van der Waals surface area contributed by atoms with Gasteiger partial charge >= 0.3 is 0 Å². The Balaban J connectivity index is 2.13. The van der Waals surface area contributed by atoms with E-state index in [2.05, 4.69) is 5.32 Å². The maximum absolute atomic E-state index is 11.1. The van der Waals surface area contributed by atoms with Gasteiger partial charge in [-0.3, -0.25) is 9.59 Å². The second-order valence-corrected chi connectivity index (χ2v) is 3.02. The van der Waals surface area contributed by atoms with Gasteiger partial charge in [0.25, 0.3) is 0 Å². The van der Waals surface area contributed by atoms with Crippen molar-refractivity contribution >= 4 is 11.8 Å². The van der Waals surface area contributed by atoms with Crippen molar-refractivity contribution in [3.63, 3.8) is 0 Å². The van der Waals surface area contributed by atoms with Gasteiger partial charge in [-0.2, -0.15) is 0 Å². The van der Waals surface area contributed by atoms with Crippen LogP contribution in [0, 0.1) is 0 Å². The Morgan fingerprint density at radius 3 is 3.09 bits per heavy atom. The van der Waals surface area contributed by atoms with Crippen LogP contribution in [0.4, 0.5) is 0 Å². The summed E-state index contributed by atoms with van der Waals surface area (Å²) >= 11 is 0. The second kappa shape index (κ2) is 2.22. The lowest BCUT2D eigenvalue weighted by Crippen LogP contribution is -2.52. The minimum atomic E-state index is -0.0310. The van der Waals surface area contributed by atoms with Crippen LogP contribution in [0.5, 0.6) is 0 Å². The lowest BCUT2D eigenvalue weighted by molar-refractivity contribution is -0.136. The number of fused-ring (bicyclic) bond motifs is 1. The van der Waals surface area contributed by atoms with Crippen LogP contribution in [0.2, 0.25) is 0 Å². The van der Waals surface area contributed by atoms with Gasteiger partial charge in [0.1, 0.15) is 0 Å². The Kier molecular flexibility index (Phi) is 1.34. The minimum Gasteiger partial charge on any atom is -0.352 e. The predicted octanol–water partition coefficient (Wildman–Crippen LogP) is -0.893. The molecular weight excluding hydrogens is 144 g/mol. The molecule has 2 fully saturated rings. The molecule has 0 saturated carbocycles. The highest BCUT2D eigenvalue weighted by Gasteiger charge is 2.35. The van der Waals surface area contributed by atoms with Crippen molar-refractivity contribution < 1.29 is 9.59 Å². The van der Waals surface area contributed by atoms with Crippen LogP contribution in [0.1, 0.15) is 12.8 Å². The number of carbonyl (C=O) groups is 2. The molecule has 2 aliphatic rings. The minimum absolute atomic E-state index is 0.0310. The summed E-state index contributed by atoms with van der Waals surface area (Å²) in [6.07, 6.45) is 1.51. The van der Waals surface area contributed by atoms with E-state index in [4.69, 9.17) is 0 Å². The standard InChI is InChI=1S/C7H10N2O2/c10-6-4-9-5(3-8-6)1-2-7(9)11/h5H,1-4H2,(H,8,10)/t5-/m1/s1. The summed E-state index contributed by atoms with van der Waals surface area (Å²) in [6, 6.07) is 0.278. The summed E-state index contributed by atoms with van der Waals surface area (Å²) in [5.74, 6) is 0.0985. The molecule has 4 heteroatoms. The van der Waals surface area contributed by atoms with Crippen molar-refractivity contribution in [1.82, 2.24) is 10.2 Å². The van der Waals surface area contributed by atoms with Gasteiger partial charge in [-0.15, -0.1) is 0 Å². The third-order valence-corrected chi connectivity index (χ3v) is 2.30. The molecule has 4 nitrogen and oxygen atoms in total. The molecule has 2 heterocycles. The molecule has 0 spiro atoms. The van der Waals surface area contributed by atoms with E-state index in [1.54, 1.807) is 4.90 Å². The average Bonchev–Trinajstić information content (AvgIpc) is 2.33. The highest BCUT2D eigenvalue weighted by atomic mass is 16.2. The molecule has 2 saturated heterocycles. The molecule has 11 heavy (non-hydrogen) atoms. The molecule has 2 rings (SSSR count). The molecule has 0 aliphatic carbocycles. The van der Waals surface area contributed by atoms with Crippen molar-refractivity contribution in [3.8, 4) is 0 Å². The topological polar surface area (TPSA) is 49.4 Å². The molecule has 60 valence electrons. The summed E-state index contributed by atoms with van der Waals surface area (Å²) in [4.78, 5) is 23.6. The van der Waals surface area contributed by atoms with Crippen LogP contribution in [-0.2, 0) is 9.59 Å². The maximum Gasteiger partial charge on any atom is 0.239 e. The van der Waals surface area contributed by atoms with E-state index in [0.717, 1.165) is 6.42 Å². The third kappa shape index (κ3) is 0.982. The van der Waals surface area contributed by atoms with Gasteiger partial charge in [0.05, 0.1) is 12.6 Å². The lowest BCUT2D eigenvalue weighted by Gasteiger charge is -2.29. The number of nitrogens with zero attached hydrogens (tertiary/aromatic N) is 1. The normalized spacial score (nSPS) is 30.2. The first-order chi connectivity index (χ1) is 5.27. The lowest BCUT2D eigenvalue weighted by atomic mass is 10.2. The fraction of sp³-hybridized carbons (Fsp3) is 0.714. The molecule has 2 amide bonds. The van der Waals surface area contributed by atoms with Crippen LogP contribution in [-0.4, -0.2) is 35.8 Å². The summed E-state index contributed by atoms with van der Waals surface area (Å²) in [7, 11) is 0. The zero-order valence-electron chi connectivity index (χ0n) is 6.17. The zero-order chi connectivity index (χ0) is 7.84. The average molecular weight is 154 g/mol. The largest absolute Gasteiger partial charge is 0.352 e. The van der Waals surface area contributed by atoms with Gasteiger partial charge in [-0.25, -0.2) is 0 Å². The van der Waals surface area contributed by atoms with Crippen LogP contribution in [0.3, 0.4) is 0 Å². The molecule has 2 aliphatic heterocycles. The summed E-state index contributed by atoms with van der Waals surface area (Å²) in [6.45, 7) is 0.911. The Labute approximate surface area is 64.5 Å². The Morgan fingerprint density at radius 2 is 2.27 bits per heavy atom. The van der Waals surface area contributed by atoms with E-state index in [1.165, 1.54) is 0 Å². The summed E-state index contributed by atoms with van der Waals surface area (Å²) in [5, 5.41) is 2.74. The van der Waals surface area contributed by atoms with E-state index in [0.29, 0.717) is 13.0 Å². The molecule has 0 aromatic rings. The van der Waals surface area contributed by atoms with Gasteiger partial charge < -0.3 is 10.2 Å². The number of nitrogens with one attached hydrogen (secondary N) is 1. The third-order valence-electron chi connectivity index (χ3n) is 2.30. The number of rotatable bonds is 0. The van der Waals surface area contributed by atoms with Gasteiger partial charge in [0.2, 0.25) is 11.8 Å². The van der Waals surface area contributed by atoms with Gasteiger partial charge in [0, 0.05) is 13.0 Å². The molecule has 0 aromatic heterocycles. The maximum atomic E-state index is 11.1. The molecule has 1 N–H and O–H groups in total. The summed E-state index contributed by atoms with van der Waals surface area (Å²) < 4.78 is 0. The number of piperazine rings is 1. The highest BCUT2D eigenvalue weighted by molar-refractivity contribution is 5.87. The Morgan fingerprint density at radius 1 is 1.45 bits per heavy atom. The Bertz CT molecular complexity index is 214. The predicted molar refractivity (Wildman–Crippen MR) is 37.7 cm³/mol. The smallest absolute Gasteiger partial charge is 0.239 e. The second-order valence-electron chi connectivity index (χ2n) is 3.02. The molecular formula is C7H10N2O2. The van der Waals surface area contributed by atoms with Crippen LogP contribution >= 0.6 is 0 Å². The molecule has 0 radical (unpaired) electrons. The first kappa shape index (κ1) is 6.64. The summed E-state index contributed by atoms with van der Waals surface area (Å²) in [5.41, 5.74) is 0. The van der Waals surface area contributed by atoms with Crippen LogP contribution in [0.25, 0.3) is 0 Å². The van der Waals surface area contributed by atoms with E-state index < -0.39 is 0 Å². The van der Waals surface area contributed by atoms with Crippen LogP contribution in [0.15, 0.2) is 0 Å². The number of carbonyl (C=O) groups excluding carboxylic acids is 2. The molecule has 0 unspecified atom stereocenters. The monoisotopic (exact) mass is 154 g/mol. The van der Waals surface area contributed by atoms with E-state index in [1.807, 2.05) is 0 Å². The first-order valence-corrected chi connectivity index (χ1v) is 3.83. The highest BCUT2D eigenvalue weighted by Crippen LogP contribution is 2.19. The fourth-order valence-corrected chi connectivity index (χ4v) is 1.66. The quantitative estimate of drug-likeness (QED) is 0.492. The molecule has 1 atom stereocenters. The van der Waals surface area contributed by atoms with Gasteiger partial charge in [0.15, 0.2) is 0 Å².